The van der Waals surface area contributed by atoms with E-state index in [0.717, 1.165) is 37.1 Å². The van der Waals surface area contributed by atoms with Crippen LogP contribution in [0.4, 0.5) is 0 Å². The Bertz CT molecular complexity index is 719. The topological polar surface area (TPSA) is 68.5 Å². The molecule has 0 aliphatic carbocycles. The molecule has 0 bridgehead atoms. The first-order chi connectivity index (χ1) is 12.2. The van der Waals surface area contributed by atoms with Crippen LogP contribution >= 0.6 is 11.8 Å². The van der Waals surface area contributed by atoms with Gasteiger partial charge in [0.25, 0.3) is 5.22 Å². The fourth-order valence-electron chi connectivity index (χ4n) is 3.10. The molecular formula is C18H23N3O3S. The highest BCUT2D eigenvalue weighted by Gasteiger charge is 2.25. The van der Waals surface area contributed by atoms with Gasteiger partial charge in [0.1, 0.15) is 5.75 Å². The van der Waals surface area contributed by atoms with E-state index in [0.29, 0.717) is 22.9 Å². The number of carbonyl (C=O) groups excluding carboxylic acids is 1. The summed E-state index contributed by atoms with van der Waals surface area (Å²) in [5.74, 6) is 1.64. The summed E-state index contributed by atoms with van der Waals surface area (Å²) in [4.78, 5) is 14.5. The van der Waals surface area contributed by atoms with Gasteiger partial charge in [-0.3, -0.25) is 4.79 Å². The summed E-state index contributed by atoms with van der Waals surface area (Å²) in [7, 11) is 1.62. The molecule has 1 saturated heterocycles. The highest BCUT2D eigenvalue weighted by atomic mass is 32.2. The van der Waals surface area contributed by atoms with E-state index in [4.69, 9.17) is 9.15 Å². The molecule has 1 aromatic heterocycles. The molecule has 3 rings (SSSR count). The SMILES string of the molecule is CCC1CCCCN1C(=O)CSc1nnc(-c2cccc(OC)c2)o1. The third-order valence-electron chi connectivity index (χ3n) is 4.46. The Kier molecular flexibility index (Phi) is 5.96. The van der Waals surface area contributed by atoms with Gasteiger partial charge >= 0.3 is 0 Å². The number of likely N-dealkylation sites (tertiary alicyclic amines) is 1. The number of piperidine rings is 1. The van der Waals surface area contributed by atoms with Crippen molar-refractivity contribution >= 4 is 17.7 Å². The molecule has 0 saturated carbocycles. The minimum absolute atomic E-state index is 0.151. The molecule has 1 amide bonds. The Labute approximate surface area is 151 Å². The number of carbonyl (C=O) groups is 1. The Morgan fingerprint density at radius 1 is 1.40 bits per heavy atom. The molecule has 7 heteroatoms. The number of amides is 1. The molecule has 134 valence electrons. The Morgan fingerprint density at radius 3 is 3.08 bits per heavy atom. The zero-order valence-electron chi connectivity index (χ0n) is 14.6. The van der Waals surface area contributed by atoms with Crippen LogP contribution in [0, 0.1) is 0 Å². The molecule has 0 N–H and O–H groups in total. The molecule has 2 aromatic rings. The lowest BCUT2D eigenvalue weighted by Gasteiger charge is -2.35. The van der Waals surface area contributed by atoms with Gasteiger partial charge in [-0.1, -0.05) is 24.8 Å². The van der Waals surface area contributed by atoms with Gasteiger partial charge in [0.2, 0.25) is 11.8 Å². The predicted octanol–water partition coefficient (Wildman–Crippen LogP) is 3.63. The monoisotopic (exact) mass is 361 g/mol. The van der Waals surface area contributed by atoms with Crippen LogP contribution in [-0.2, 0) is 4.79 Å². The fourth-order valence-corrected chi connectivity index (χ4v) is 3.75. The van der Waals surface area contributed by atoms with Gasteiger partial charge in [-0.05, 0) is 43.9 Å². The van der Waals surface area contributed by atoms with E-state index >= 15 is 0 Å². The highest BCUT2D eigenvalue weighted by Crippen LogP contribution is 2.27. The first-order valence-corrected chi connectivity index (χ1v) is 9.60. The molecule has 6 nitrogen and oxygen atoms in total. The van der Waals surface area contributed by atoms with E-state index in [-0.39, 0.29) is 5.91 Å². The maximum absolute atomic E-state index is 12.5. The average Bonchev–Trinajstić information content (AvgIpc) is 3.15. The standard InChI is InChI=1S/C18H23N3O3S/c1-3-14-8-4-5-10-21(14)16(22)12-25-18-20-19-17(24-18)13-7-6-9-15(11-13)23-2/h6-7,9,11,14H,3-5,8,10,12H2,1-2H3. The lowest BCUT2D eigenvalue weighted by atomic mass is 10.0. The lowest BCUT2D eigenvalue weighted by Crippen LogP contribution is -2.44. The van der Waals surface area contributed by atoms with Gasteiger partial charge in [0, 0.05) is 18.2 Å². The van der Waals surface area contributed by atoms with Crippen LogP contribution < -0.4 is 4.74 Å². The number of hydrogen-bond donors (Lipinski definition) is 0. The molecule has 2 heterocycles. The van der Waals surface area contributed by atoms with Gasteiger partial charge in [-0.15, -0.1) is 10.2 Å². The summed E-state index contributed by atoms with van der Waals surface area (Å²) in [6.45, 7) is 3.00. The van der Waals surface area contributed by atoms with Crippen LogP contribution in [0.2, 0.25) is 0 Å². The average molecular weight is 361 g/mol. The smallest absolute Gasteiger partial charge is 0.277 e. The van der Waals surface area contributed by atoms with Gasteiger partial charge in [0.15, 0.2) is 0 Å². The van der Waals surface area contributed by atoms with Crippen molar-refractivity contribution in [2.45, 2.75) is 43.9 Å². The van der Waals surface area contributed by atoms with Crippen molar-refractivity contribution in [3.8, 4) is 17.2 Å². The van der Waals surface area contributed by atoms with Crippen molar-refractivity contribution in [2.24, 2.45) is 0 Å². The minimum Gasteiger partial charge on any atom is -0.497 e. The van der Waals surface area contributed by atoms with Crippen molar-refractivity contribution in [1.82, 2.24) is 15.1 Å². The summed E-state index contributed by atoms with van der Waals surface area (Å²) >= 11 is 1.30. The number of benzene rings is 1. The van der Waals surface area contributed by atoms with Crippen LogP contribution in [0.25, 0.3) is 11.5 Å². The van der Waals surface area contributed by atoms with Crippen molar-refractivity contribution in [2.75, 3.05) is 19.4 Å². The Morgan fingerprint density at radius 2 is 2.28 bits per heavy atom. The summed E-state index contributed by atoms with van der Waals surface area (Å²) in [6, 6.07) is 7.83. The van der Waals surface area contributed by atoms with Crippen LogP contribution in [0.15, 0.2) is 33.9 Å². The molecule has 1 aromatic carbocycles. The maximum Gasteiger partial charge on any atom is 0.277 e. The first kappa shape index (κ1) is 17.8. The highest BCUT2D eigenvalue weighted by molar-refractivity contribution is 7.99. The summed E-state index contributed by atoms with van der Waals surface area (Å²) in [5.41, 5.74) is 0.798. The molecule has 0 radical (unpaired) electrons. The molecular weight excluding hydrogens is 338 g/mol. The van der Waals surface area contributed by atoms with Gasteiger partial charge < -0.3 is 14.1 Å². The molecule has 1 atom stereocenters. The van der Waals surface area contributed by atoms with E-state index < -0.39 is 0 Å². The van der Waals surface area contributed by atoms with E-state index in [9.17, 15) is 4.79 Å². The third kappa shape index (κ3) is 4.34. The second kappa shape index (κ2) is 8.38. The third-order valence-corrected chi connectivity index (χ3v) is 5.26. The second-order valence-corrected chi connectivity index (χ2v) is 6.97. The number of hydrogen-bond acceptors (Lipinski definition) is 6. The normalized spacial score (nSPS) is 17.5. The van der Waals surface area contributed by atoms with Crippen molar-refractivity contribution < 1.29 is 13.9 Å². The van der Waals surface area contributed by atoms with Crippen LogP contribution in [0.5, 0.6) is 5.75 Å². The molecule has 1 aliphatic rings. The van der Waals surface area contributed by atoms with Crippen LogP contribution in [0.1, 0.15) is 32.6 Å². The second-order valence-electron chi connectivity index (χ2n) is 6.04. The van der Waals surface area contributed by atoms with Gasteiger partial charge in [-0.2, -0.15) is 0 Å². The zero-order valence-corrected chi connectivity index (χ0v) is 15.4. The summed E-state index contributed by atoms with van der Waals surface area (Å²) in [6.07, 6.45) is 4.42. The first-order valence-electron chi connectivity index (χ1n) is 8.61. The number of ether oxygens (including phenoxy) is 1. The number of aromatic nitrogens is 2. The quantitative estimate of drug-likeness (QED) is 0.732. The lowest BCUT2D eigenvalue weighted by molar-refractivity contribution is -0.132. The van der Waals surface area contributed by atoms with E-state index in [1.807, 2.05) is 29.2 Å². The molecule has 1 fully saturated rings. The van der Waals surface area contributed by atoms with Crippen LogP contribution in [0.3, 0.4) is 0 Å². The Hall–Kier alpha value is -2.02. The number of nitrogens with zero attached hydrogens (tertiary/aromatic N) is 3. The summed E-state index contributed by atoms with van der Waals surface area (Å²) in [5, 5.41) is 8.52. The molecule has 1 unspecified atom stereocenters. The largest absolute Gasteiger partial charge is 0.497 e. The van der Waals surface area contributed by atoms with Crippen LogP contribution in [-0.4, -0.2) is 46.5 Å². The van der Waals surface area contributed by atoms with Gasteiger partial charge in [0.05, 0.1) is 12.9 Å². The van der Waals surface area contributed by atoms with E-state index in [1.165, 1.54) is 18.2 Å². The zero-order chi connectivity index (χ0) is 17.6. The number of rotatable bonds is 6. The van der Waals surface area contributed by atoms with E-state index in [2.05, 4.69) is 17.1 Å². The molecule has 1 aliphatic heterocycles. The fraction of sp³-hybridized carbons (Fsp3) is 0.500. The van der Waals surface area contributed by atoms with E-state index in [1.54, 1.807) is 7.11 Å². The number of methoxy groups -OCH3 is 1. The molecule has 25 heavy (non-hydrogen) atoms. The number of thioether (sulfide) groups is 1. The van der Waals surface area contributed by atoms with Gasteiger partial charge in [-0.25, -0.2) is 0 Å². The van der Waals surface area contributed by atoms with Crippen molar-refractivity contribution in [1.29, 1.82) is 0 Å². The summed E-state index contributed by atoms with van der Waals surface area (Å²) < 4.78 is 10.9. The minimum atomic E-state index is 0.151. The maximum atomic E-state index is 12.5. The predicted molar refractivity (Wildman–Crippen MR) is 96.7 cm³/mol. The molecule has 0 spiro atoms. The Balaban J connectivity index is 1.60. The van der Waals surface area contributed by atoms with Crippen molar-refractivity contribution in [3.63, 3.8) is 0 Å². The van der Waals surface area contributed by atoms with Crippen molar-refractivity contribution in [3.05, 3.63) is 24.3 Å².